The smallest absolute Gasteiger partial charge is 0.407 e. The van der Waals surface area contributed by atoms with Gasteiger partial charge in [0.25, 0.3) is 0 Å². The van der Waals surface area contributed by atoms with Crippen LogP contribution in [0.5, 0.6) is 0 Å². The lowest BCUT2D eigenvalue weighted by Crippen LogP contribution is -2.44. The monoisotopic (exact) mass is 395 g/mol. The van der Waals surface area contributed by atoms with E-state index in [1.54, 1.807) is 11.3 Å². The van der Waals surface area contributed by atoms with E-state index in [0.717, 1.165) is 55.7 Å². The van der Waals surface area contributed by atoms with E-state index in [-0.39, 0.29) is 12.1 Å². The molecule has 1 saturated heterocycles. The van der Waals surface area contributed by atoms with E-state index >= 15 is 0 Å². The van der Waals surface area contributed by atoms with Crippen LogP contribution in [0.25, 0.3) is 0 Å². The molecule has 0 aliphatic carbocycles. The summed E-state index contributed by atoms with van der Waals surface area (Å²) in [6.45, 7) is 14.9. The van der Waals surface area contributed by atoms with Crippen molar-refractivity contribution in [1.29, 1.82) is 0 Å². The van der Waals surface area contributed by atoms with Gasteiger partial charge in [-0.3, -0.25) is 4.99 Å². The zero-order valence-electron chi connectivity index (χ0n) is 17.4. The number of carbonyl (C=O) groups is 1. The summed E-state index contributed by atoms with van der Waals surface area (Å²) in [5.74, 6) is 0.907. The first-order valence-electron chi connectivity index (χ1n) is 9.63. The molecule has 8 heteroatoms. The van der Waals surface area contributed by atoms with Gasteiger partial charge in [0, 0.05) is 37.5 Å². The summed E-state index contributed by atoms with van der Waals surface area (Å²) >= 11 is 1.75. The predicted molar refractivity (Wildman–Crippen MR) is 111 cm³/mol. The van der Waals surface area contributed by atoms with Crippen molar-refractivity contribution in [1.82, 2.24) is 20.5 Å². The van der Waals surface area contributed by atoms with E-state index in [1.165, 1.54) is 4.88 Å². The van der Waals surface area contributed by atoms with Crippen LogP contribution in [-0.2, 0) is 11.2 Å². The highest BCUT2D eigenvalue weighted by Crippen LogP contribution is 2.18. The minimum absolute atomic E-state index is 0.0788. The molecule has 1 amide bonds. The Bertz CT molecular complexity index is 666. The zero-order chi connectivity index (χ0) is 20.0. The second-order valence-electron chi connectivity index (χ2n) is 7.80. The molecule has 1 aliphatic heterocycles. The molecule has 0 radical (unpaired) electrons. The topological polar surface area (TPSA) is 78.9 Å². The Morgan fingerprint density at radius 3 is 2.74 bits per heavy atom. The van der Waals surface area contributed by atoms with Crippen molar-refractivity contribution in [3.8, 4) is 0 Å². The zero-order valence-corrected chi connectivity index (χ0v) is 18.2. The molecule has 0 spiro atoms. The maximum Gasteiger partial charge on any atom is 0.407 e. The van der Waals surface area contributed by atoms with Crippen LogP contribution < -0.4 is 10.6 Å². The predicted octanol–water partition coefficient (Wildman–Crippen LogP) is 2.87. The van der Waals surface area contributed by atoms with Gasteiger partial charge < -0.3 is 20.3 Å². The summed E-state index contributed by atoms with van der Waals surface area (Å²) in [5, 5.41) is 7.43. The van der Waals surface area contributed by atoms with Gasteiger partial charge in [0.05, 0.1) is 16.7 Å². The number of ether oxygens (including phenoxy) is 1. The fraction of sp³-hybridized carbons (Fsp3) is 0.737. The lowest BCUT2D eigenvalue weighted by atomic mass is 10.2. The molecule has 2 heterocycles. The van der Waals surface area contributed by atoms with Crippen molar-refractivity contribution < 1.29 is 9.53 Å². The quantitative estimate of drug-likeness (QED) is 0.592. The van der Waals surface area contributed by atoms with Crippen molar-refractivity contribution in [2.24, 2.45) is 4.99 Å². The second-order valence-corrected chi connectivity index (χ2v) is 9.09. The summed E-state index contributed by atoms with van der Waals surface area (Å²) < 4.78 is 5.35. The molecule has 0 aromatic carbocycles. The first-order chi connectivity index (χ1) is 12.7. The number of carbonyl (C=O) groups excluding carboxylic acids is 1. The number of hydrogen-bond donors (Lipinski definition) is 2. The van der Waals surface area contributed by atoms with Crippen LogP contribution in [0.15, 0.2) is 4.99 Å². The highest BCUT2D eigenvalue weighted by Gasteiger charge is 2.27. The molecule has 0 saturated carbocycles. The molecule has 1 aromatic rings. The number of hydrogen-bond acceptors (Lipinski definition) is 5. The Labute approximate surface area is 166 Å². The molecule has 152 valence electrons. The SMILES string of the molecule is CCNC(=NCCc1sc(C)nc1C)N1CCC(NC(=O)OC(C)(C)C)C1. The summed E-state index contributed by atoms with van der Waals surface area (Å²) in [6.07, 6.45) is 1.43. The molecule has 7 nitrogen and oxygen atoms in total. The Hall–Kier alpha value is -1.83. The van der Waals surface area contributed by atoms with Crippen molar-refractivity contribution in [2.45, 2.75) is 66.0 Å². The van der Waals surface area contributed by atoms with Gasteiger partial charge >= 0.3 is 6.09 Å². The van der Waals surface area contributed by atoms with Gasteiger partial charge in [-0.2, -0.15) is 0 Å². The number of nitrogens with one attached hydrogen (secondary N) is 2. The van der Waals surface area contributed by atoms with E-state index in [0.29, 0.717) is 0 Å². The van der Waals surface area contributed by atoms with Crippen LogP contribution in [0.3, 0.4) is 0 Å². The average Bonchev–Trinajstić information content (AvgIpc) is 3.11. The molecule has 2 N–H and O–H groups in total. The van der Waals surface area contributed by atoms with Crippen LogP contribution >= 0.6 is 11.3 Å². The van der Waals surface area contributed by atoms with Crippen LogP contribution in [0, 0.1) is 13.8 Å². The Balaban J connectivity index is 1.88. The summed E-state index contributed by atoms with van der Waals surface area (Å²) in [4.78, 5) is 24.7. The second kappa shape index (κ2) is 9.39. The maximum absolute atomic E-state index is 12.0. The number of thiazole rings is 1. The number of amides is 1. The van der Waals surface area contributed by atoms with E-state index in [4.69, 9.17) is 9.73 Å². The number of likely N-dealkylation sites (tertiary alicyclic amines) is 1. The molecule has 1 aliphatic rings. The van der Waals surface area contributed by atoms with Crippen molar-refractivity contribution >= 4 is 23.4 Å². The number of guanidine groups is 1. The van der Waals surface area contributed by atoms with Crippen LogP contribution in [0.1, 0.15) is 49.7 Å². The molecule has 2 rings (SSSR count). The number of aromatic nitrogens is 1. The maximum atomic E-state index is 12.0. The molecule has 27 heavy (non-hydrogen) atoms. The molecule has 0 bridgehead atoms. The van der Waals surface area contributed by atoms with Crippen molar-refractivity contribution in [3.05, 3.63) is 15.6 Å². The Morgan fingerprint density at radius 2 is 2.15 bits per heavy atom. The third kappa shape index (κ3) is 7.01. The van der Waals surface area contributed by atoms with E-state index in [2.05, 4.69) is 34.4 Å². The number of aryl methyl sites for hydroxylation is 2. The number of aliphatic imine (C=N–C) groups is 1. The van der Waals surface area contributed by atoms with Gasteiger partial charge in [0.15, 0.2) is 5.96 Å². The van der Waals surface area contributed by atoms with E-state index in [9.17, 15) is 4.79 Å². The highest BCUT2D eigenvalue weighted by atomic mass is 32.1. The van der Waals surface area contributed by atoms with Crippen LogP contribution in [0.2, 0.25) is 0 Å². The Morgan fingerprint density at radius 1 is 1.41 bits per heavy atom. The van der Waals surface area contributed by atoms with E-state index < -0.39 is 5.60 Å². The molecule has 1 aromatic heterocycles. The number of rotatable bonds is 5. The van der Waals surface area contributed by atoms with Gasteiger partial charge in [0.1, 0.15) is 5.60 Å². The van der Waals surface area contributed by atoms with Crippen molar-refractivity contribution in [2.75, 3.05) is 26.2 Å². The van der Waals surface area contributed by atoms with Crippen molar-refractivity contribution in [3.63, 3.8) is 0 Å². The lowest BCUT2D eigenvalue weighted by molar-refractivity contribution is 0.0507. The average molecular weight is 396 g/mol. The third-order valence-electron chi connectivity index (χ3n) is 4.14. The highest BCUT2D eigenvalue weighted by molar-refractivity contribution is 7.11. The minimum Gasteiger partial charge on any atom is -0.444 e. The fourth-order valence-corrected chi connectivity index (χ4v) is 3.97. The van der Waals surface area contributed by atoms with E-state index in [1.807, 2.05) is 27.7 Å². The number of nitrogens with zero attached hydrogens (tertiary/aromatic N) is 3. The van der Waals surface area contributed by atoms with Gasteiger partial charge in [-0.1, -0.05) is 0 Å². The van der Waals surface area contributed by atoms with Gasteiger partial charge in [-0.05, 0) is 48.0 Å². The lowest BCUT2D eigenvalue weighted by Gasteiger charge is -2.23. The van der Waals surface area contributed by atoms with Gasteiger partial charge in [-0.25, -0.2) is 9.78 Å². The molecule has 1 fully saturated rings. The minimum atomic E-state index is -0.480. The molecule has 1 unspecified atom stereocenters. The first-order valence-corrected chi connectivity index (χ1v) is 10.4. The summed E-state index contributed by atoms with van der Waals surface area (Å²) in [6, 6.07) is 0.0788. The third-order valence-corrected chi connectivity index (χ3v) is 5.28. The fourth-order valence-electron chi connectivity index (χ4n) is 3.04. The summed E-state index contributed by atoms with van der Waals surface area (Å²) in [5.41, 5.74) is 0.631. The summed E-state index contributed by atoms with van der Waals surface area (Å²) in [7, 11) is 0. The molecule has 1 atom stereocenters. The normalized spacial score (nSPS) is 17.9. The van der Waals surface area contributed by atoms with Gasteiger partial charge in [-0.15, -0.1) is 11.3 Å². The van der Waals surface area contributed by atoms with Gasteiger partial charge in [0.2, 0.25) is 0 Å². The van der Waals surface area contributed by atoms with Crippen LogP contribution in [0.4, 0.5) is 4.79 Å². The number of alkyl carbamates (subject to hydrolysis) is 1. The standard InChI is InChI=1S/C19H33N5O2S/c1-7-20-17(21-10-8-16-13(2)22-14(3)27-16)24-11-9-15(12-24)23-18(25)26-19(4,5)6/h15H,7-12H2,1-6H3,(H,20,21)(H,23,25). The molecular weight excluding hydrogens is 362 g/mol. The molecular formula is C19H33N5O2S. The van der Waals surface area contributed by atoms with Crippen LogP contribution in [-0.4, -0.2) is 59.8 Å². The first kappa shape index (κ1) is 21.5. The largest absolute Gasteiger partial charge is 0.444 e. The Kier molecular flexibility index (Phi) is 7.47.